The van der Waals surface area contributed by atoms with E-state index < -0.39 is 22.0 Å². The van der Waals surface area contributed by atoms with Gasteiger partial charge in [-0.2, -0.15) is 9.98 Å². The number of hydrogen-bond acceptors (Lipinski definition) is 6. The number of nitrogens with one attached hydrogen (secondary N) is 3. The fraction of sp³-hybridized carbons (Fsp3) is 0.211. The number of benzene rings is 2. The summed E-state index contributed by atoms with van der Waals surface area (Å²) < 4.78 is 32.3. The lowest BCUT2D eigenvalue weighted by molar-refractivity contribution is -0.117. The van der Waals surface area contributed by atoms with E-state index >= 15 is 0 Å². The lowest BCUT2D eigenvalue weighted by Gasteiger charge is -2.15. The number of nitrogens with zero attached hydrogens (tertiary/aromatic N) is 1. The highest BCUT2D eigenvalue weighted by atomic mass is 32.2. The van der Waals surface area contributed by atoms with Gasteiger partial charge in [0.15, 0.2) is 6.61 Å². The molecule has 0 radical (unpaired) electrons. The van der Waals surface area contributed by atoms with Gasteiger partial charge >= 0.3 is 0 Å². The predicted molar refractivity (Wildman–Crippen MR) is 107 cm³/mol. The van der Waals surface area contributed by atoms with E-state index in [1.807, 2.05) is 6.07 Å². The van der Waals surface area contributed by atoms with Gasteiger partial charge in [-0.05, 0) is 55.5 Å². The van der Waals surface area contributed by atoms with Gasteiger partial charge in [0, 0.05) is 18.3 Å². The second-order valence-corrected chi connectivity index (χ2v) is 7.72. The van der Waals surface area contributed by atoms with Crippen molar-refractivity contribution in [3.05, 3.63) is 48.5 Å². The van der Waals surface area contributed by atoms with E-state index in [-0.39, 0.29) is 17.4 Å². The highest BCUT2D eigenvalue weighted by Crippen LogP contribution is 2.17. The smallest absolute Gasteiger partial charge is 0.242 e. The quantitative estimate of drug-likeness (QED) is 0.600. The number of anilines is 2. The third kappa shape index (κ3) is 6.60. The molecule has 3 N–H and O–H groups in total. The number of hydrogen-bond donors (Lipinski definition) is 3. The Morgan fingerprint density at radius 2 is 1.59 bits per heavy atom. The Morgan fingerprint density at radius 1 is 1.03 bits per heavy atom. The summed E-state index contributed by atoms with van der Waals surface area (Å²) in [6, 6.07) is 12.7. The van der Waals surface area contributed by atoms with Crippen LogP contribution in [0.15, 0.2) is 53.4 Å². The molecule has 2 aromatic carbocycles. The van der Waals surface area contributed by atoms with Crippen LogP contribution in [0.2, 0.25) is 0 Å². The van der Waals surface area contributed by atoms with Gasteiger partial charge in [0.25, 0.3) is 0 Å². The van der Waals surface area contributed by atoms with E-state index in [0.717, 1.165) is 0 Å². The van der Waals surface area contributed by atoms with Crippen molar-refractivity contribution in [2.45, 2.75) is 24.8 Å². The Kier molecular flexibility index (Phi) is 7.30. The highest BCUT2D eigenvalue weighted by Gasteiger charge is 2.22. The zero-order chi connectivity index (χ0) is 21.4. The first-order valence-electron chi connectivity index (χ1n) is 8.52. The molecule has 10 heteroatoms. The van der Waals surface area contributed by atoms with Crippen LogP contribution in [0, 0.1) is 11.3 Å². The van der Waals surface area contributed by atoms with Gasteiger partial charge in [0.1, 0.15) is 11.8 Å². The zero-order valence-electron chi connectivity index (χ0n) is 15.8. The summed E-state index contributed by atoms with van der Waals surface area (Å²) in [7, 11) is -3.93. The number of sulfonamides is 1. The lowest BCUT2D eigenvalue weighted by Crippen LogP contribution is -2.41. The number of ether oxygens (including phenoxy) is 1. The minimum atomic E-state index is -3.93. The van der Waals surface area contributed by atoms with Crippen LogP contribution < -0.4 is 20.1 Å². The predicted octanol–water partition coefficient (Wildman–Crippen LogP) is 1.85. The molecule has 2 rings (SSSR count). The number of amides is 2. The Balaban J connectivity index is 1.98. The van der Waals surface area contributed by atoms with E-state index in [0.29, 0.717) is 17.1 Å². The summed E-state index contributed by atoms with van der Waals surface area (Å²) in [5.41, 5.74) is 0.912. The maximum Gasteiger partial charge on any atom is 0.242 e. The van der Waals surface area contributed by atoms with Crippen LogP contribution in [-0.2, 0) is 19.6 Å². The number of nitriles is 1. The first-order chi connectivity index (χ1) is 13.7. The topological polar surface area (TPSA) is 137 Å². The maximum atomic E-state index is 12.5. The van der Waals surface area contributed by atoms with Crippen LogP contribution in [0.1, 0.15) is 13.8 Å². The zero-order valence-corrected chi connectivity index (χ0v) is 16.6. The molecule has 2 amide bonds. The first-order valence-corrected chi connectivity index (χ1v) is 10.0. The minimum absolute atomic E-state index is 0.0368. The Hall–Kier alpha value is -3.42. The van der Waals surface area contributed by atoms with Gasteiger partial charge in [0.2, 0.25) is 21.8 Å². The lowest BCUT2D eigenvalue weighted by atomic mass is 10.2. The van der Waals surface area contributed by atoms with Crippen molar-refractivity contribution < 1.29 is 22.7 Å². The van der Waals surface area contributed by atoms with Crippen LogP contribution in [-0.4, -0.2) is 32.9 Å². The van der Waals surface area contributed by atoms with E-state index in [1.54, 1.807) is 24.3 Å². The normalized spacial score (nSPS) is 11.8. The molecular weight excluding hydrogens is 396 g/mol. The molecule has 0 saturated carbocycles. The molecule has 2 aromatic rings. The monoisotopic (exact) mass is 416 g/mol. The van der Waals surface area contributed by atoms with Crippen molar-refractivity contribution in [2.24, 2.45) is 0 Å². The van der Waals surface area contributed by atoms with Crippen molar-refractivity contribution in [1.82, 2.24) is 4.72 Å². The van der Waals surface area contributed by atoms with Gasteiger partial charge in [-0.3, -0.25) is 9.59 Å². The Bertz CT molecular complexity index is 1010. The molecule has 1 atom stereocenters. The Morgan fingerprint density at radius 3 is 2.14 bits per heavy atom. The minimum Gasteiger partial charge on any atom is -0.479 e. The summed E-state index contributed by atoms with van der Waals surface area (Å²) in [6.45, 7) is 2.68. The van der Waals surface area contributed by atoms with Crippen molar-refractivity contribution in [3.63, 3.8) is 0 Å². The SMILES string of the molecule is CC(=O)Nc1ccc(S(=O)(=O)N[C@@H](C)C(=O)Nc2ccc(OCC#N)cc2)cc1. The summed E-state index contributed by atoms with van der Waals surface area (Å²) in [4.78, 5) is 23.3. The second-order valence-electron chi connectivity index (χ2n) is 6.01. The maximum absolute atomic E-state index is 12.5. The van der Waals surface area contributed by atoms with Gasteiger partial charge < -0.3 is 15.4 Å². The molecular formula is C19H20N4O5S. The van der Waals surface area contributed by atoms with Gasteiger partial charge in [-0.25, -0.2) is 8.42 Å². The first kappa shape index (κ1) is 21.9. The summed E-state index contributed by atoms with van der Waals surface area (Å²) in [5.74, 6) is -0.344. The number of carbonyl (C=O) groups is 2. The number of carbonyl (C=O) groups excluding carboxylic acids is 2. The fourth-order valence-electron chi connectivity index (χ4n) is 2.28. The van der Waals surface area contributed by atoms with Gasteiger partial charge in [0.05, 0.1) is 10.9 Å². The van der Waals surface area contributed by atoms with E-state index in [9.17, 15) is 18.0 Å². The van der Waals surface area contributed by atoms with Crippen LogP contribution in [0.25, 0.3) is 0 Å². The Labute approximate surface area is 168 Å². The van der Waals surface area contributed by atoms with Crippen molar-refractivity contribution in [2.75, 3.05) is 17.2 Å². The summed E-state index contributed by atoms with van der Waals surface area (Å²) in [6.07, 6.45) is 0. The van der Waals surface area contributed by atoms with E-state index in [1.165, 1.54) is 38.1 Å². The van der Waals surface area contributed by atoms with Gasteiger partial charge in [-0.15, -0.1) is 0 Å². The molecule has 0 aliphatic carbocycles. The van der Waals surface area contributed by atoms with Crippen LogP contribution in [0.4, 0.5) is 11.4 Å². The van der Waals surface area contributed by atoms with Crippen LogP contribution >= 0.6 is 0 Å². The van der Waals surface area contributed by atoms with Crippen molar-refractivity contribution >= 4 is 33.2 Å². The highest BCUT2D eigenvalue weighted by molar-refractivity contribution is 7.89. The average Bonchev–Trinajstić information content (AvgIpc) is 2.67. The second kappa shape index (κ2) is 9.68. The average molecular weight is 416 g/mol. The largest absolute Gasteiger partial charge is 0.479 e. The molecule has 0 fully saturated rings. The summed E-state index contributed by atoms with van der Waals surface area (Å²) >= 11 is 0. The molecule has 0 aliphatic rings. The van der Waals surface area contributed by atoms with Crippen LogP contribution in [0.3, 0.4) is 0 Å². The molecule has 0 heterocycles. The molecule has 152 valence electrons. The van der Waals surface area contributed by atoms with E-state index in [2.05, 4.69) is 15.4 Å². The molecule has 0 aromatic heterocycles. The molecule has 0 bridgehead atoms. The number of rotatable bonds is 8. The van der Waals surface area contributed by atoms with Crippen molar-refractivity contribution in [3.8, 4) is 11.8 Å². The third-order valence-electron chi connectivity index (χ3n) is 3.64. The summed E-state index contributed by atoms with van der Waals surface area (Å²) in [5, 5.41) is 13.6. The van der Waals surface area contributed by atoms with Crippen LogP contribution in [0.5, 0.6) is 5.75 Å². The fourth-order valence-corrected chi connectivity index (χ4v) is 3.48. The molecule has 0 unspecified atom stereocenters. The standard InChI is InChI=1S/C19H20N4O5S/c1-13(19(25)22-16-3-7-17(8-4-16)28-12-11-20)23-29(26,27)18-9-5-15(6-10-18)21-14(2)24/h3-10,13,23H,12H2,1-2H3,(H,21,24)(H,22,25)/t13-/m0/s1. The molecule has 0 spiro atoms. The molecule has 9 nitrogen and oxygen atoms in total. The molecule has 0 aliphatic heterocycles. The van der Waals surface area contributed by atoms with Crippen molar-refractivity contribution in [1.29, 1.82) is 5.26 Å². The van der Waals surface area contributed by atoms with E-state index in [4.69, 9.17) is 10.00 Å². The third-order valence-corrected chi connectivity index (χ3v) is 5.19. The van der Waals surface area contributed by atoms with Gasteiger partial charge in [-0.1, -0.05) is 0 Å². The molecule has 0 saturated heterocycles. The molecule has 29 heavy (non-hydrogen) atoms.